The molecule has 0 aromatic heterocycles. The van der Waals surface area contributed by atoms with Gasteiger partial charge in [0, 0.05) is 18.8 Å². The van der Waals surface area contributed by atoms with Gasteiger partial charge in [-0.3, -0.25) is 0 Å². The van der Waals surface area contributed by atoms with Crippen molar-refractivity contribution in [3.63, 3.8) is 0 Å². The Hall–Kier alpha value is -0.940. The lowest BCUT2D eigenvalue weighted by atomic mass is 9.76. The molecule has 1 saturated carbocycles. The van der Waals surface area contributed by atoms with Crippen molar-refractivity contribution in [2.75, 3.05) is 18.6 Å². The summed E-state index contributed by atoms with van der Waals surface area (Å²) >= 11 is 0. The molecule has 0 atom stereocenters. The second-order valence-corrected chi connectivity index (χ2v) is 7.26. The first kappa shape index (κ1) is 13.5. The number of hydrogen-bond donors (Lipinski definition) is 1. The van der Waals surface area contributed by atoms with Crippen LogP contribution in [0.1, 0.15) is 24.3 Å². The zero-order valence-electron chi connectivity index (χ0n) is 10.4. The molecule has 18 heavy (non-hydrogen) atoms. The molecule has 2 rings (SSSR count). The van der Waals surface area contributed by atoms with E-state index >= 15 is 0 Å². The van der Waals surface area contributed by atoms with Crippen molar-refractivity contribution in [2.24, 2.45) is 0 Å². The first-order valence-corrected chi connectivity index (χ1v) is 8.17. The third-order valence-electron chi connectivity index (χ3n) is 3.36. The largest absolute Gasteiger partial charge is 0.313 e. The molecule has 1 aliphatic rings. The van der Waals surface area contributed by atoms with E-state index in [4.69, 9.17) is 0 Å². The summed E-state index contributed by atoms with van der Waals surface area (Å²) in [6, 6.07) is 7.07. The van der Waals surface area contributed by atoms with Crippen molar-refractivity contribution in [3.05, 3.63) is 35.6 Å². The van der Waals surface area contributed by atoms with Crippen LogP contribution in [0.4, 0.5) is 4.39 Å². The van der Waals surface area contributed by atoms with E-state index in [0.29, 0.717) is 18.5 Å². The number of nitrogens with one attached hydrogen (secondary N) is 1. The third kappa shape index (κ3) is 3.78. The first-order chi connectivity index (χ1) is 8.44. The standard InChI is InChI=1S/C13H18FNO2S/c1-18(16,17)6-5-15-13-8-11(9-13)10-3-2-4-12(14)7-10/h2-4,7,11,13,15H,5-6,8-9H2,1H3. The van der Waals surface area contributed by atoms with Gasteiger partial charge in [-0.2, -0.15) is 0 Å². The van der Waals surface area contributed by atoms with Gasteiger partial charge in [-0.15, -0.1) is 0 Å². The number of benzene rings is 1. The van der Waals surface area contributed by atoms with Crippen LogP contribution in [0, 0.1) is 5.82 Å². The van der Waals surface area contributed by atoms with E-state index in [1.54, 1.807) is 12.1 Å². The highest BCUT2D eigenvalue weighted by Crippen LogP contribution is 2.36. The Morgan fingerprint density at radius 1 is 1.39 bits per heavy atom. The molecule has 0 aliphatic heterocycles. The SMILES string of the molecule is CS(=O)(=O)CCNC1CC(c2cccc(F)c2)C1. The fourth-order valence-corrected chi connectivity index (χ4v) is 2.75. The van der Waals surface area contributed by atoms with Gasteiger partial charge in [-0.05, 0) is 36.5 Å². The topological polar surface area (TPSA) is 46.2 Å². The number of hydrogen-bond acceptors (Lipinski definition) is 3. The Morgan fingerprint density at radius 2 is 2.11 bits per heavy atom. The fourth-order valence-electron chi connectivity index (χ4n) is 2.27. The lowest BCUT2D eigenvalue weighted by Gasteiger charge is -2.36. The Labute approximate surface area is 107 Å². The van der Waals surface area contributed by atoms with Crippen LogP contribution in [0.3, 0.4) is 0 Å². The maximum absolute atomic E-state index is 13.0. The van der Waals surface area contributed by atoms with Gasteiger partial charge in [-0.1, -0.05) is 12.1 Å². The van der Waals surface area contributed by atoms with E-state index in [1.807, 2.05) is 6.07 Å². The van der Waals surface area contributed by atoms with Crippen molar-refractivity contribution in [1.29, 1.82) is 0 Å². The molecule has 0 amide bonds. The molecule has 0 unspecified atom stereocenters. The molecule has 1 aliphatic carbocycles. The van der Waals surface area contributed by atoms with Crippen LogP contribution in [0.5, 0.6) is 0 Å². The van der Waals surface area contributed by atoms with Gasteiger partial charge in [0.15, 0.2) is 0 Å². The Balaban J connectivity index is 1.74. The van der Waals surface area contributed by atoms with Crippen LogP contribution in [0.25, 0.3) is 0 Å². The molecular weight excluding hydrogens is 253 g/mol. The predicted octanol–water partition coefficient (Wildman–Crippen LogP) is 1.71. The van der Waals surface area contributed by atoms with Gasteiger partial charge in [0.25, 0.3) is 0 Å². The summed E-state index contributed by atoms with van der Waals surface area (Å²) < 4.78 is 35.0. The summed E-state index contributed by atoms with van der Waals surface area (Å²) in [4.78, 5) is 0. The number of rotatable bonds is 5. The second-order valence-electron chi connectivity index (χ2n) is 5.00. The molecule has 1 aromatic rings. The van der Waals surface area contributed by atoms with Crippen LogP contribution in [-0.4, -0.2) is 33.0 Å². The minimum absolute atomic E-state index is 0.175. The molecule has 0 bridgehead atoms. The monoisotopic (exact) mass is 271 g/mol. The van der Waals surface area contributed by atoms with Crippen molar-refractivity contribution in [2.45, 2.75) is 24.8 Å². The molecule has 1 N–H and O–H groups in total. The summed E-state index contributed by atoms with van der Waals surface area (Å²) in [5.74, 6) is 0.381. The van der Waals surface area contributed by atoms with E-state index in [-0.39, 0.29) is 11.6 Å². The number of halogens is 1. The normalized spacial score (nSPS) is 23.7. The summed E-state index contributed by atoms with van der Waals surface area (Å²) in [7, 11) is -2.89. The van der Waals surface area contributed by atoms with Crippen molar-refractivity contribution >= 4 is 9.84 Å². The second kappa shape index (κ2) is 5.36. The molecular formula is C13H18FNO2S. The molecule has 1 aromatic carbocycles. The van der Waals surface area contributed by atoms with E-state index in [0.717, 1.165) is 18.4 Å². The smallest absolute Gasteiger partial charge is 0.148 e. The summed E-state index contributed by atoms with van der Waals surface area (Å²) in [6.07, 6.45) is 3.14. The van der Waals surface area contributed by atoms with Gasteiger partial charge in [-0.25, -0.2) is 12.8 Å². The summed E-state index contributed by atoms with van der Waals surface area (Å²) in [6.45, 7) is 0.499. The van der Waals surface area contributed by atoms with Crippen LogP contribution < -0.4 is 5.32 Å². The van der Waals surface area contributed by atoms with E-state index in [9.17, 15) is 12.8 Å². The van der Waals surface area contributed by atoms with E-state index in [1.165, 1.54) is 12.3 Å². The maximum Gasteiger partial charge on any atom is 0.148 e. The maximum atomic E-state index is 13.0. The van der Waals surface area contributed by atoms with Crippen molar-refractivity contribution in [1.82, 2.24) is 5.32 Å². The highest BCUT2D eigenvalue weighted by molar-refractivity contribution is 7.90. The molecule has 0 radical (unpaired) electrons. The fraction of sp³-hybridized carbons (Fsp3) is 0.538. The van der Waals surface area contributed by atoms with Crippen molar-refractivity contribution < 1.29 is 12.8 Å². The van der Waals surface area contributed by atoms with Crippen LogP contribution in [0.2, 0.25) is 0 Å². The first-order valence-electron chi connectivity index (χ1n) is 6.10. The van der Waals surface area contributed by atoms with Gasteiger partial charge in [0.1, 0.15) is 15.7 Å². The lowest BCUT2D eigenvalue weighted by molar-refractivity contribution is 0.295. The third-order valence-corrected chi connectivity index (χ3v) is 4.31. The predicted molar refractivity (Wildman–Crippen MR) is 69.9 cm³/mol. The summed E-state index contributed by atoms with van der Waals surface area (Å²) in [5.41, 5.74) is 1.04. The molecule has 100 valence electrons. The highest BCUT2D eigenvalue weighted by Gasteiger charge is 2.29. The van der Waals surface area contributed by atoms with Crippen LogP contribution in [-0.2, 0) is 9.84 Å². The quantitative estimate of drug-likeness (QED) is 0.886. The molecule has 5 heteroatoms. The van der Waals surface area contributed by atoms with Gasteiger partial charge < -0.3 is 5.32 Å². The average Bonchev–Trinajstić information content (AvgIpc) is 2.19. The molecule has 0 heterocycles. The van der Waals surface area contributed by atoms with Gasteiger partial charge in [0.05, 0.1) is 5.75 Å². The van der Waals surface area contributed by atoms with Crippen LogP contribution in [0.15, 0.2) is 24.3 Å². The molecule has 1 fully saturated rings. The van der Waals surface area contributed by atoms with Gasteiger partial charge in [0.2, 0.25) is 0 Å². The Bertz CT molecular complexity index is 509. The molecule has 0 spiro atoms. The van der Waals surface area contributed by atoms with E-state index in [2.05, 4.69) is 5.32 Å². The van der Waals surface area contributed by atoms with E-state index < -0.39 is 9.84 Å². The molecule has 0 saturated heterocycles. The Morgan fingerprint density at radius 3 is 2.72 bits per heavy atom. The van der Waals surface area contributed by atoms with Gasteiger partial charge >= 0.3 is 0 Å². The average molecular weight is 271 g/mol. The zero-order valence-corrected chi connectivity index (χ0v) is 11.2. The Kier molecular flexibility index (Phi) is 4.02. The lowest BCUT2D eigenvalue weighted by Crippen LogP contribution is -2.41. The minimum atomic E-state index is -2.89. The summed E-state index contributed by atoms with van der Waals surface area (Å²) in [5, 5.41) is 3.22. The number of sulfone groups is 1. The van der Waals surface area contributed by atoms with Crippen LogP contribution >= 0.6 is 0 Å². The van der Waals surface area contributed by atoms with Crippen molar-refractivity contribution in [3.8, 4) is 0 Å². The molecule has 3 nitrogen and oxygen atoms in total. The minimum Gasteiger partial charge on any atom is -0.313 e. The zero-order chi connectivity index (χ0) is 13.2. The highest BCUT2D eigenvalue weighted by atomic mass is 32.2.